The molecular formula is C24H28N2O4S. The quantitative estimate of drug-likeness (QED) is 0.640. The third-order valence-corrected chi connectivity index (χ3v) is 7.71. The Hall–Kier alpha value is -2.64. The van der Waals surface area contributed by atoms with Crippen LogP contribution in [0.25, 0.3) is 11.0 Å². The van der Waals surface area contributed by atoms with Gasteiger partial charge in [-0.2, -0.15) is 4.31 Å². The van der Waals surface area contributed by atoms with Gasteiger partial charge in [-0.05, 0) is 48.9 Å². The molecule has 2 atom stereocenters. The summed E-state index contributed by atoms with van der Waals surface area (Å²) < 4.78 is 33.9. The van der Waals surface area contributed by atoms with Gasteiger partial charge < -0.3 is 9.73 Å². The number of benzene rings is 2. The van der Waals surface area contributed by atoms with Gasteiger partial charge in [0, 0.05) is 30.6 Å². The molecule has 1 amide bonds. The van der Waals surface area contributed by atoms with E-state index in [9.17, 15) is 13.2 Å². The molecule has 31 heavy (non-hydrogen) atoms. The van der Waals surface area contributed by atoms with E-state index >= 15 is 0 Å². The van der Waals surface area contributed by atoms with Gasteiger partial charge in [0.15, 0.2) is 5.76 Å². The lowest BCUT2D eigenvalue weighted by Crippen LogP contribution is -2.42. The number of hydrogen-bond acceptors (Lipinski definition) is 4. The molecule has 3 aromatic rings. The number of fused-ring (bicyclic) bond motifs is 1. The molecule has 7 heteroatoms. The van der Waals surface area contributed by atoms with Crippen LogP contribution in [0.4, 0.5) is 0 Å². The molecule has 4 rings (SSSR count). The van der Waals surface area contributed by atoms with Gasteiger partial charge in [-0.3, -0.25) is 4.79 Å². The van der Waals surface area contributed by atoms with Crippen molar-refractivity contribution in [2.24, 2.45) is 11.8 Å². The topological polar surface area (TPSA) is 79.6 Å². The minimum Gasteiger partial charge on any atom is -0.451 e. The number of sulfonamides is 1. The van der Waals surface area contributed by atoms with Gasteiger partial charge in [0.1, 0.15) is 5.58 Å². The normalized spacial score (nSPS) is 20.1. The van der Waals surface area contributed by atoms with Crippen molar-refractivity contribution in [1.29, 1.82) is 0 Å². The first-order chi connectivity index (χ1) is 14.8. The molecule has 1 saturated heterocycles. The molecule has 0 spiro atoms. The number of nitrogens with zero attached hydrogens (tertiary/aromatic N) is 1. The van der Waals surface area contributed by atoms with Gasteiger partial charge >= 0.3 is 0 Å². The molecule has 0 aliphatic carbocycles. The Kier molecular flexibility index (Phi) is 5.90. The lowest BCUT2D eigenvalue weighted by atomic mass is 9.94. The van der Waals surface area contributed by atoms with Crippen molar-refractivity contribution in [1.82, 2.24) is 9.62 Å². The molecule has 2 heterocycles. The van der Waals surface area contributed by atoms with Crippen molar-refractivity contribution in [2.45, 2.75) is 38.6 Å². The number of piperidine rings is 1. The second kappa shape index (κ2) is 8.48. The molecular weight excluding hydrogens is 412 g/mol. The fraction of sp³-hybridized carbons (Fsp3) is 0.375. The number of rotatable bonds is 5. The lowest BCUT2D eigenvalue weighted by molar-refractivity contribution is 0.0924. The smallest absolute Gasteiger partial charge is 0.287 e. The number of hydrogen-bond donors (Lipinski definition) is 1. The number of nitrogens with one attached hydrogen (secondary N) is 1. The second-order valence-electron chi connectivity index (χ2n) is 8.65. The molecule has 1 N–H and O–H groups in total. The molecule has 0 bridgehead atoms. The van der Waals surface area contributed by atoms with E-state index in [0.29, 0.717) is 48.0 Å². The van der Waals surface area contributed by atoms with Gasteiger partial charge in [0.25, 0.3) is 5.91 Å². The van der Waals surface area contributed by atoms with Crippen LogP contribution in [0.5, 0.6) is 0 Å². The lowest BCUT2D eigenvalue weighted by Gasteiger charge is -2.34. The van der Waals surface area contributed by atoms with E-state index in [4.69, 9.17) is 4.42 Å². The van der Waals surface area contributed by atoms with E-state index in [1.54, 1.807) is 29.4 Å². The van der Waals surface area contributed by atoms with Crippen molar-refractivity contribution < 1.29 is 17.6 Å². The number of amides is 1. The molecule has 0 unspecified atom stereocenters. The highest BCUT2D eigenvalue weighted by molar-refractivity contribution is 7.89. The van der Waals surface area contributed by atoms with Gasteiger partial charge in [-0.15, -0.1) is 0 Å². The first kappa shape index (κ1) is 21.6. The van der Waals surface area contributed by atoms with Crippen LogP contribution in [0.3, 0.4) is 0 Å². The summed E-state index contributed by atoms with van der Waals surface area (Å²) in [5, 5.41) is 3.51. The van der Waals surface area contributed by atoms with Crippen LogP contribution in [0, 0.1) is 18.8 Å². The van der Waals surface area contributed by atoms with E-state index in [0.717, 1.165) is 12.0 Å². The summed E-state index contributed by atoms with van der Waals surface area (Å²) in [5.74, 6) is 0.553. The highest BCUT2D eigenvalue weighted by Crippen LogP contribution is 2.31. The molecule has 6 nitrogen and oxygen atoms in total. The van der Waals surface area contributed by atoms with Crippen LogP contribution in [0.2, 0.25) is 0 Å². The number of carbonyl (C=O) groups is 1. The van der Waals surface area contributed by atoms with Crippen LogP contribution in [0.15, 0.2) is 57.8 Å². The fourth-order valence-corrected chi connectivity index (χ4v) is 6.09. The predicted octanol–water partition coefficient (Wildman–Crippen LogP) is 4.34. The Labute approximate surface area is 183 Å². The van der Waals surface area contributed by atoms with Crippen molar-refractivity contribution in [2.75, 3.05) is 13.1 Å². The zero-order chi connectivity index (χ0) is 22.2. The molecule has 0 saturated carbocycles. The molecule has 1 fully saturated rings. The maximum Gasteiger partial charge on any atom is 0.287 e. The third-order valence-electron chi connectivity index (χ3n) is 5.88. The van der Waals surface area contributed by atoms with Crippen molar-refractivity contribution >= 4 is 26.9 Å². The van der Waals surface area contributed by atoms with Crippen LogP contribution >= 0.6 is 0 Å². The zero-order valence-electron chi connectivity index (χ0n) is 18.1. The highest BCUT2D eigenvalue weighted by Gasteiger charge is 2.32. The standard InChI is InChI=1S/C24H28N2O4S/c1-16-11-17(2)15-26(14-16)31(28,29)20-9-10-22-21(12-20)18(3)23(30-22)24(27)25-13-19-7-5-4-6-8-19/h4-10,12,16-17H,11,13-15H2,1-3H3,(H,25,27)/t16-,17-/m1/s1. The van der Waals surface area contributed by atoms with Gasteiger partial charge in [0.2, 0.25) is 10.0 Å². The molecule has 2 aromatic carbocycles. The summed E-state index contributed by atoms with van der Waals surface area (Å²) in [6, 6.07) is 14.5. The summed E-state index contributed by atoms with van der Waals surface area (Å²) in [4.78, 5) is 12.9. The fourth-order valence-electron chi connectivity index (χ4n) is 4.39. The van der Waals surface area contributed by atoms with Crippen LogP contribution < -0.4 is 5.32 Å². The van der Waals surface area contributed by atoms with Crippen molar-refractivity contribution in [3.63, 3.8) is 0 Å². The Morgan fingerprint density at radius 1 is 1.10 bits per heavy atom. The largest absolute Gasteiger partial charge is 0.451 e. The summed E-state index contributed by atoms with van der Waals surface area (Å²) >= 11 is 0. The maximum absolute atomic E-state index is 13.2. The van der Waals surface area contributed by atoms with Crippen LogP contribution in [0.1, 0.15) is 41.9 Å². The Bertz CT molecular complexity index is 1190. The molecule has 0 radical (unpaired) electrons. The highest BCUT2D eigenvalue weighted by atomic mass is 32.2. The molecule has 1 aliphatic heterocycles. The third kappa shape index (κ3) is 4.38. The monoisotopic (exact) mass is 440 g/mol. The zero-order valence-corrected chi connectivity index (χ0v) is 18.9. The van der Waals surface area contributed by atoms with Crippen LogP contribution in [-0.4, -0.2) is 31.7 Å². The van der Waals surface area contributed by atoms with Gasteiger partial charge in [-0.25, -0.2) is 8.42 Å². The average molecular weight is 441 g/mol. The summed E-state index contributed by atoms with van der Waals surface area (Å²) in [6.07, 6.45) is 1.04. The Morgan fingerprint density at radius 2 is 1.77 bits per heavy atom. The van der Waals surface area contributed by atoms with Crippen LogP contribution in [-0.2, 0) is 16.6 Å². The van der Waals surface area contributed by atoms with Gasteiger partial charge in [-0.1, -0.05) is 44.2 Å². The average Bonchev–Trinajstić information content (AvgIpc) is 3.08. The molecule has 1 aliphatic rings. The first-order valence-corrected chi connectivity index (χ1v) is 12.0. The maximum atomic E-state index is 13.2. The summed E-state index contributed by atoms with van der Waals surface area (Å²) in [7, 11) is -3.60. The van der Waals surface area contributed by atoms with E-state index in [-0.39, 0.29) is 16.6 Å². The molecule has 1 aromatic heterocycles. The van der Waals surface area contributed by atoms with E-state index in [2.05, 4.69) is 19.2 Å². The van der Waals surface area contributed by atoms with E-state index in [1.807, 2.05) is 30.3 Å². The van der Waals surface area contributed by atoms with E-state index < -0.39 is 10.0 Å². The van der Waals surface area contributed by atoms with E-state index in [1.165, 1.54) is 0 Å². The summed E-state index contributed by atoms with van der Waals surface area (Å²) in [6.45, 7) is 7.40. The van der Waals surface area contributed by atoms with Gasteiger partial charge in [0.05, 0.1) is 4.90 Å². The second-order valence-corrected chi connectivity index (χ2v) is 10.6. The van der Waals surface area contributed by atoms with Crippen molar-refractivity contribution in [3.8, 4) is 0 Å². The number of furan rings is 1. The number of carbonyl (C=O) groups excluding carboxylic acids is 1. The minimum absolute atomic E-state index is 0.209. The Balaban J connectivity index is 1.60. The first-order valence-electron chi connectivity index (χ1n) is 10.6. The number of aryl methyl sites for hydroxylation is 1. The minimum atomic E-state index is -3.60. The Morgan fingerprint density at radius 3 is 2.45 bits per heavy atom. The summed E-state index contributed by atoms with van der Waals surface area (Å²) in [5.41, 5.74) is 2.13. The predicted molar refractivity (Wildman–Crippen MR) is 120 cm³/mol. The van der Waals surface area contributed by atoms with Crippen molar-refractivity contribution in [3.05, 3.63) is 65.4 Å². The SMILES string of the molecule is Cc1c(C(=O)NCc2ccccc2)oc2ccc(S(=O)(=O)N3C[C@H](C)C[C@@H](C)C3)cc12. The molecule has 164 valence electrons.